The summed E-state index contributed by atoms with van der Waals surface area (Å²) in [6, 6.07) is -0.0490. The van der Waals surface area contributed by atoms with E-state index in [-0.39, 0.29) is 29.8 Å². The molecule has 19 heavy (non-hydrogen) atoms. The Morgan fingerprint density at radius 3 is 2.21 bits per heavy atom. The number of amides is 1. The van der Waals surface area contributed by atoms with Crippen LogP contribution in [-0.4, -0.2) is 29.1 Å². The smallest absolute Gasteiger partial charge is 0.306 e. The summed E-state index contributed by atoms with van der Waals surface area (Å²) in [7, 11) is 0. The molecular formula is C14H28N2O3. The normalized spacial score (nSPS) is 15.9. The van der Waals surface area contributed by atoms with E-state index in [2.05, 4.69) is 5.32 Å². The lowest BCUT2D eigenvalue weighted by Gasteiger charge is -2.18. The van der Waals surface area contributed by atoms with Crippen LogP contribution in [0, 0.1) is 11.8 Å². The largest absolute Gasteiger partial charge is 0.481 e. The summed E-state index contributed by atoms with van der Waals surface area (Å²) in [5, 5.41) is 11.7. The average Bonchev–Trinajstić information content (AvgIpc) is 2.27. The number of nitrogens with one attached hydrogen (secondary N) is 1. The Balaban J connectivity index is 3.82. The summed E-state index contributed by atoms with van der Waals surface area (Å²) < 4.78 is 0. The molecule has 3 unspecified atom stereocenters. The van der Waals surface area contributed by atoms with Crippen molar-refractivity contribution in [3.8, 4) is 0 Å². The summed E-state index contributed by atoms with van der Waals surface area (Å²) in [5.74, 6) is -0.825. The number of hydrogen-bond donors (Lipinski definition) is 3. The fourth-order valence-electron chi connectivity index (χ4n) is 1.71. The average molecular weight is 272 g/mol. The van der Waals surface area contributed by atoms with E-state index >= 15 is 0 Å². The molecule has 0 heterocycles. The fraction of sp³-hybridized carbons (Fsp3) is 0.857. The second-order valence-electron chi connectivity index (χ2n) is 5.75. The highest BCUT2D eigenvalue weighted by molar-refractivity contribution is 5.76. The van der Waals surface area contributed by atoms with Crippen LogP contribution in [0.1, 0.15) is 53.4 Å². The molecule has 0 aliphatic rings. The molecule has 0 aromatic carbocycles. The summed E-state index contributed by atoms with van der Waals surface area (Å²) in [6.45, 7) is 7.63. The lowest BCUT2D eigenvalue weighted by molar-refractivity contribution is -0.141. The van der Waals surface area contributed by atoms with Gasteiger partial charge in [-0.3, -0.25) is 9.59 Å². The Labute approximate surface area is 115 Å². The fourth-order valence-corrected chi connectivity index (χ4v) is 1.71. The molecule has 0 fully saturated rings. The van der Waals surface area contributed by atoms with Crippen molar-refractivity contribution in [3.63, 3.8) is 0 Å². The first-order valence-corrected chi connectivity index (χ1v) is 7.01. The Hall–Kier alpha value is -1.10. The summed E-state index contributed by atoms with van der Waals surface area (Å²) in [4.78, 5) is 22.3. The van der Waals surface area contributed by atoms with Gasteiger partial charge in [0, 0.05) is 18.5 Å². The zero-order valence-corrected chi connectivity index (χ0v) is 12.5. The lowest BCUT2D eigenvalue weighted by Crippen LogP contribution is -2.38. The Kier molecular flexibility index (Phi) is 8.39. The molecule has 0 saturated carbocycles. The van der Waals surface area contributed by atoms with Crippen molar-refractivity contribution in [3.05, 3.63) is 0 Å². The van der Waals surface area contributed by atoms with Crippen LogP contribution in [-0.2, 0) is 9.59 Å². The summed E-state index contributed by atoms with van der Waals surface area (Å²) in [6.07, 6.45) is 2.57. The molecule has 5 heteroatoms. The zero-order valence-electron chi connectivity index (χ0n) is 12.5. The van der Waals surface area contributed by atoms with Gasteiger partial charge >= 0.3 is 5.97 Å². The summed E-state index contributed by atoms with van der Waals surface area (Å²) in [5.41, 5.74) is 5.84. The van der Waals surface area contributed by atoms with E-state index in [4.69, 9.17) is 10.8 Å². The molecule has 0 aromatic rings. The van der Waals surface area contributed by atoms with Gasteiger partial charge in [0.05, 0.1) is 5.92 Å². The molecule has 5 nitrogen and oxygen atoms in total. The van der Waals surface area contributed by atoms with E-state index in [0.29, 0.717) is 12.8 Å². The van der Waals surface area contributed by atoms with E-state index < -0.39 is 5.97 Å². The topological polar surface area (TPSA) is 92.4 Å². The van der Waals surface area contributed by atoms with E-state index in [0.717, 1.165) is 12.8 Å². The number of carboxylic acids is 1. The standard InChI is InChI=1S/C14H28N2O3/c1-9(2)12(15)8-13(17)16-11(4)7-5-6-10(3)14(18)19/h9-12H,5-8,15H2,1-4H3,(H,16,17)(H,18,19). The van der Waals surface area contributed by atoms with Crippen molar-refractivity contribution in [2.75, 3.05) is 0 Å². The minimum Gasteiger partial charge on any atom is -0.481 e. The molecule has 0 radical (unpaired) electrons. The van der Waals surface area contributed by atoms with Crippen LogP contribution in [0.5, 0.6) is 0 Å². The quantitative estimate of drug-likeness (QED) is 0.596. The molecule has 3 atom stereocenters. The molecule has 0 spiro atoms. The second kappa shape index (κ2) is 8.91. The van der Waals surface area contributed by atoms with Crippen LogP contribution < -0.4 is 11.1 Å². The van der Waals surface area contributed by atoms with Crippen molar-refractivity contribution in [1.29, 1.82) is 0 Å². The van der Waals surface area contributed by atoms with Crippen molar-refractivity contribution < 1.29 is 14.7 Å². The van der Waals surface area contributed by atoms with Gasteiger partial charge in [-0.25, -0.2) is 0 Å². The molecular weight excluding hydrogens is 244 g/mol. The van der Waals surface area contributed by atoms with E-state index in [1.165, 1.54) is 0 Å². The predicted molar refractivity (Wildman–Crippen MR) is 75.7 cm³/mol. The van der Waals surface area contributed by atoms with Gasteiger partial charge in [0.25, 0.3) is 0 Å². The number of carbonyl (C=O) groups is 2. The SMILES string of the molecule is CC(CCCC(C)C(=O)O)NC(=O)CC(N)C(C)C. The molecule has 112 valence electrons. The van der Waals surface area contributed by atoms with Gasteiger partial charge in [0.2, 0.25) is 5.91 Å². The van der Waals surface area contributed by atoms with Gasteiger partial charge in [-0.05, 0) is 25.7 Å². The van der Waals surface area contributed by atoms with Gasteiger partial charge < -0.3 is 16.2 Å². The van der Waals surface area contributed by atoms with E-state index in [9.17, 15) is 9.59 Å². The van der Waals surface area contributed by atoms with Crippen LogP contribution in [0.25, 0.3) is 0 Å². The summed E-state index contributed by atoms with van der Waals surface area (Å²) >= 11 is 0. The number of aliphatic carboxylic acids is 1. The van der Waals surface area contributed by atoms with Crippen LogP contribution >= 0.6 is 0 Å². The minimum atomic E-state index is -0.764. The Bertz CT molecular complexity index is 292. The van der Waals surface area contributed by atoms with Crippen LogP contribution in [0.4, 0.5) is 0 Å². The highest BCUT2D eigenvalue weighted by atomic mass is 16.4. The molecule has 0 aliphatic carbocycles. The highest BCUT2D eigenvalue weighted by Gasteiger charge is 2.15. The van der Waals surface area contributed by atoms with Gasteiger partial charge in [0.15, 0.2) is 0 Å². The maximum atomic E-state index is 11.7. The third-order valence-electron chi connectivity index (χ3n) is 3.38. The first-order chi connectivity index (χ1) is 8.73. The Morgan fingerprint density at radius 2 is 1.74 bits per heavy atom. The number of carboxylic acid groups (broad SMARTS) is 1. The third-order valence-corrected chi connectivity index (χ3v) is 3.38. The molecule has 0 saturated heterocycles. The van der Waals surface area contributed by atoms with Crippen LogP contribution in [0.2, 0.25) is 0 Å². The zero-order chi connectivity index (χ0) is 15.0. The van der Waals surface area contributed by atoms with Crippen molar-refractivity contribution in [1.82, 2.24) is 5.32 Å². The minimum absolute atomic E-state index is 0.0278. The van der Waals surface area contributed by atoms with Gasteiger partial charge in [-0.1, -0.05) is 27.2 Å². The number of carbonyl (C=O) groups excluding carboxylic acids is 1. The van der Waals surface area contributed by atoms with Crippen LogP contribution in [0.3, 0.4) is 0 Å². The van der Waals surface area contributed by atoms with E-state index in [1.54, 1.807) is 6.92 Å². The molecule has 4 N–H and O–H groups in total. The molecule has 0 aromatic heterocycles. The van der Waals surface area contributed by atoms with Gasteiger partial charge in [0.1, 0.15) is 0 Å². The third kappa shape index (κ3) is 8.59. The number of nitrogens with two attached hydrogens (primary N) is 1. The maximum absolute atomic E-state index is 11.7. The number of rotatable bonds is 9. The van der Waals surface area contributed by atoms with E-state index in [1.807, 2.05) is 20.8 Å². The molecule has 0 aliphatic heterocycles. The highest BCUT2D eigenvalue weighted by Crippen LogP contribution is 2.10. The lowest BCUT2D eigenvalue weighted by atomic mass is 10.0. The first-order valence-electron chi connectivity index (χ1n) is 7.01. The first kappa shape index (κ1) is 17.9. The van der Waals surface area contributed by atoms with Crippen molar-refractivity contribution >= 4 is 11.9 Å². The molecule has 0 bridgehead atoms. The number of hydrogen-bond acceptors (Lipinski definition) is 3. The Morgan fingerprint density at radius 1 is 1.16 bits per heavy atom. The van der Waals surface area contributed by atoms with Gasteiger partial charge in [-0.2, -0.15) is 0 Å². The van der Waals surface area contributed by atoms with Crippen molar-refractivity contribution in [2.45, 2.75) is 65.5 Å². The molecule has 0 rings (SSSR count). The van der Waals surface area contributed by atoms with Gasteiger partial charge in [-0.15, -0.1) is 0 Å². The van der Waals surface area contributed by atoms with Crippen molar-refractivity contribution in [2.24, 2.45) is 17.6 Å². The predicted octanol–water partition coefficient (Wildman–Crippen LogP) is 1.76. The molecule has 1 amide bonds. The second-order valence-corrected chi connectivity index (χ2v) is 5.75. The maximum Gasteiger partial charge on any atom is 0.306 e. The monoisotopic (exact) mass is 272 g/mol. The van der Waals surface area contributed by atoms with Crippen LogP contribution in [0.15, 0.2) is 0 Å².